The van der Waals surface area contributed by atoms with E-state index < -0.39 is 4.99 Å². The molecule has 4 aromatic carbocycles. The van der Waals surface area contributed by atoms with Gasteiger partial charge in [0.05, 0.1) is 17.1 Å². The number of ketones is 1. The van der Waals surface area contributed by atoms with Crippen LogP contribution >= 0.6 is 23.4 Å². The molecule has 0 aliphatic carbocycles. The molecule has 0 saturated carbocycles. The molecule has 2 aliphatic heterocycles. The number of hydrazone groups is 2. The summed E-state index contributed by atoms with van der Waals surface area (Å²) in [5.74, 6) is -0.102. The third kappa shape index (κ3) is 4.01. The average molecular weight is 537 g/mol. The van der Waals surface area contributed by atoms with Crippen LogP contribution in [0.3, 0.4) is 0 Å². The molecule has 0 fully saturated rings. The molecular weight excluding hydrogens is 512 g/mol. The predicted octanol–water partition coefficient (Wildman–Crippen LogP) is 7.44. The van der Waals surface area contributed by atoms with E-state index >= 15 is 0 Å². The smallest absolute Gasteiger partial charge is 0.234 e. The van der Waals surface area contributed by atoms with Crippen molar-refractivity contribution >= 4 is 51.3 Å². The molecule has 0 aromatic heterocycles. The number of hydrogen-bond donors (Lipinski definition) is 0. The molecule has 2 heterocycles. The van der Waals surface area contributed by atoms with Gasteiger partial charge < -0.3 is 0 Å². The van der Waals surface area contributed by atoms with E-state index in [1.165, 1.54) is 17.3 Å². The standard InChI is InChI=1S/C31H25ClN4OS/c1-3-22-16-18-23(19-17-22)29-27-14-7-8-15-28(27)31(35(33-29)25-11-5-4-6-12-25)36(34-30(38-31)21(2)37)26-13-9-10-24(32)20-26/h4-20H,3H2,1-2H3. The van der Waals surface area contributed by atoms with Gasteiger partial charge in [0, 0.05) is 28.6 Å². The maximum Gasteiger partial charge on any atom is 0.234 e. The average Bonchev–Trinajstić information content (AvgIpc) is 3.35. The SMILES string of the molecule is CCc1ccc(C2=NN(c3ccccc3)C3(SC(C(C)=O)=NN3c3cccc(Cl)c3)c3ccccc32)cc1. The second-order valence-corrected chi connectivity index (χ2v) is 10.8. The van der Waals surface area contributed by atoms with E-state index in [1.54, 1.807) is 6.92 Å². The highest BCUT2D eigenvalue weighted by molar-refractivity contribution is 8.17. The molecule has 6 rings (SSSR count). The first-order valence-corrected chi connectivity index (χ1v) is 13.7. The normalized spacial score (nSPS) is 18.3. The minimum Gasteiger partial charge on any atom is -0.292 e. The van der Waals surface area contributed by atoms with Crippen molar-refractivity contribution in [2.24, 2.45) is 10.2 Å². The monoisotopic (exact) mass is 536 g/mol. The van der Waals surface area contributed by atoms with Crippen molar-refractivity contribution in [1.29, 1.82) is 0 Å². The number of carbonyl (C=O) groups is 1. The Morgan fingerprint density at radius 2 is 1.53 bits per heavy atom. The lowest BCUT2D eigenvalue weighted by molar-refractivity contribution is -0.110. The molecule has 0 saturated heterocycles. The van der Waals surface area contributed by atoms with Crippen LogP contribution in [0.2, 0.25) is 5.02 Å². The summed E-state index contributed by atoms with van der Waals surface area (Å²) in [4.78, 5) is 11.8. The molecule has 1 spiro atoms. The third-order valence-corrected chi connectivity index (χ3v) is 8.38. The van der Waals surface area contributed by atoms with E-state index in [0.717, 1.165) is 40.2 Å². The van der Waals surface area contributed by atoms with Crippen LogP contribution in [0.4, 0.5) is 11.4 Å². The lowest BCUT2D eigenvalue weighted by Gasteiger charge is -2.47. The molecule has 188 valence electrons. The van der Waals surface area contributed by atoms with Gasteiger partial charge in [0.25, 0.3) is 0 Å². The van der Waals surface area contributed by atoms with Crippen LogP contribution in [-0.2, 0) is 16.2 Å². The minimum atomic E-state index is -0.990. The first kappa shape index (κ1) is 24.5. The molecule has 0 bridgehead atoms. The maximum absolute atomic E-state index is 12.8. The van der Waals surface area contributed by atoms with E-state index in [1.807, 2.05) is 76.7 Å². The van der Waals surface area contributed by atoms with Crippen molar-refractivity contribution in [2.45, 2.75) is 25.3 Å². The summed E-state index contributed by atoms with van der Waals surface area (Å²) >= 11 is 7.84. The van der Waals surface area contributed by atoms with Crippen molar-refractivity contribution in [2.75, 3.05) is 10.0 Å². The Balaban J connectivity index is 1.65. The Hall–Kier alpha value is -3.87. The Morgan fingerprint density at radius 1 is 0.842 bits per heavy atom. The Kier molecular flexibility index (Phi) is 6.30. The Labute approximate surface area is 231 Å². The number of benzene rings is 4. The van der Waals surface area contributed by atoms with Gasteiger partial charge in [-0.3, -0.25) is 4.79 Å². The van der Waals surface area contributed by atoms with Gasteiger partial charge in [-0.25, -0.2) is 10.0 Å². The van der Waals surface area contributed by atoms with Crippen LogP contribution in [0.1, 0.15) is 36.1 Å². The number of Topliss-reactive ketones (excluding diaryl/α,β-unsaturated/α-hetero) is 1. The summed E-state index contributed by atoms with van der Waals surface area (Å²) < 4.78 is 0. The fraction of sp³-hybridized carbons (Fsp3) is 0.129. The van der Waals surface area contributed by atoms with Crippen molar-refractivity contribution < 1.29 is 4.79 Å². The van der Waals surface area contributed by atoms with E-state index in [-0.39, 0.29) is 5.78 Å². The molecule has 0 N–H and O–H groups in total. The summed E-state index contributed by atoms with van der Waals surface area (Å²) in [7, 11) is 0. The fourth-order valence-corrected chi connectivity index (χ4v) is 6.34. The summed E-state index contributed by atoms with van der Waals surface area (Å²) in [6, 6.07) is 34.4. The topological polar surface area (TPSA) is 48.3 Å². The quantitative estimate of drug-likeness (QED) is 0.266. The number of carbonyl (C=O) groups excluding carboxylic acids is 1. The maximum atomic E-state index is 12.8. The number of thioether (sulfide) groups is 1. The minimum absolute atomic E-state index is 0.102. The Bertz CT molecular complexity index is 1590. The van der Waals surface area contributed by atoms with Gasteiger partial charge in [-0.1, -0.05) is 91.3 Å². The largest absolute Gasteiger partial charge is 0.292 e. The second kappa shape index (κ2) is 9.78. The van der Waals surface area contributed by atoms with E-state index in [0.29, 0.717) is 10.1 Å². The Morgan fingerprint density at radius 3 is 2.24 bits per heavy atom. The molecule has 5 nitrogen and oxygen atoms in total. The van der Waals surface area contributed by atoms with Crippen molar-refractivity contribution in [3.05, 3.63) is 130 Å². The number of para-hydroxylation sites is 1. The van der Waals surface area contributed by atoms with Gasteiger partial charge in [0.2, 0.25) is 4.99 Å². The number of nitrogens with zero attached hydrogens (tertiary/aromatic N) is 4. The highest BCUT2D eigenvalue weighted by Crippen LogP contribution is 2.55. The van der Waals surface area contributed by atoms with Crippen LogP contribution in [0.5, 0.6) is 0 Å². The van der Waals surface area contributed by atoms with Crippen LogP contribution in [0, 0.1) is 0 Å². The molecule has 38 heavy (non-hydrogen) atoms. The molecule has 7 heteroatoms. The van der Waals surface area contributed by atoms with Gasteiger partial charge in [-0.15, -0.1) is 0 Å². The molecular formula is C31H25ClN4OS. The number of hydrogen-bond acceptors (Lipinski definition) is 6. The summed E-state index contributed by atoms with van der Waals surface area (Å²) in [5, 5.41) is 15.0. The zero-order valence-electron chi connectivity index (χ0n) is 21.0. The number of halogens is 1. The molecule has 1 atom stereocenters. The zero-order valence-corrected chi connectivity index (χ0v) is 22.6. The molecule has 0 amide bonds. The van der Waals surface area contributed by atoms with Gasteiger partial charge in [-0.2, -0.15) is 10.2 Å². The highest BCUT2D eigenvalue weighted by atomic mass is 35.5. The number of anilines is 2. The van der Waals surface area contributed by atoms with E-state index in [4.69, 9.17) is 21.8 Å². The highest BCUT2D eigenvalue weighted by Gasteiger charge is 2.55. The second-order valence-electron chi connectivity index (χ2n) is 9.16. The van der Waals surface area contributed by atoms with Gasteiger partial charge >= 0.3 is 0 Å². The first-order chi connectivity index (χ1) is 18.5. The van der Waals surface area contributed by atoms with Crippen molar-refractivity contribution in [3.63, 3.8) is 0 Å². The summed E-state index contributed by atoms with van der Waals surface area (Å²) in [5.41, 5.74) is 6.78. The lowest BCUT2D eigenvalue weighted by Crippen LogP contribution is -2.54. The molecule has 1 unspecified atom stereocenters. The molecule has 0 radical (unpaired) electrons. The molecule has 4 aromatic rings. The number of fused-ring (bicyclic) bond motifs is 2. The van der Waals surface area contributed by atoms with Crippen molar-refractivity contribution in [3.8, 4) is 0 Å². The lowest BCUT2D eigenvalue weighted by atomic mass is 9.92. The van der Waals surface area contributed by atoms with Crippen LogP contribution in [0.25, 0.3) is 0 Å². The zero-order chi connectivity index (χ0) is 26.3. The van der Waals surface area contributed by atoms with Crippen LogP contribution < -0.4 is 10.0 Å². The van der Waals surface area contributed by atoms with Gasteiger partial charge in [0.1, 0.15) is 0 Å². The van der Waals surface area contributed by atoms with Crippen LogP contribution in [0.15, 0.2) is 113 Å². The van der Waals surface area contributed by atoms with Gasteiger partial charge in [-0.05, 0) is 54.1 Å². The van der Waals surface area contributed by atoms with E-state index in [9.17, 15) is 4.79 Å². The predicted molar refractivity (Wildman–Crippen MR) is 158 cm³/mol. The fourth-order valence-electron chi connectivity index (χ4n) is 4.86. The molecule has 2 aliphatic rings. The third-order valence-electron chi connectivity index (χ3n) is 6.73. The van der Waals surface area contributed by atoms with Crippen molar-refractivity contribution in [1.82, 2.24) is 0 Å². The van der Waals surface area contributed by atoms with E-state index in [2.05, 4.69) is 43.3 Å². The van der Waals surface area contributed by atoms with Gasteiger partial charge in [0.15, 0.2) is 10.8 Å². The number of rotatable bonds is 5. The van der Waals surface area contributed by atoms with Crippen LogP contribution in [-0.4, -0.2) is 16.5 Å². The first-order valence-electron chi connectivity index (χ1n) is 12.5. The summed E-state index contributed by atoms with van der Waals surface area (Å²) in [6.45, 7) is 3.70. The number of aryl methyl sites for hydroxylation is 1. The summed E-state index contributed by atoms with van der Waals surface area (Å²) in [6.07, 6.45) is 0.971.